The van der Waals surface area contributed by atoms with Crippen LogP contribution >= 0.6 is 0 Å². The van der Waals surface area contributed by atoms with Gasteiger partial charge in [0.25, 0.3) is 11.8 Å². The molecule has 29 heavy (non-hydrogen) atoms. The zero-order valence-electron chi connectivity index (χ0n) is 15.9. The van der Waals surface area contributed by atoms with E-state index in [2.05, 4.69) is 4.98 Å². The van der Waals surface area contributed by atoms with Crippen molar-refractivity contribution in [2.45, 2.75) is 19.4 Å². The lowest BCUT2D eigenvalue weighted by molar-refractivity contribution is -0.138. The van der Waals surface area contributed by atoms with Crippen molar-refractivity contribution in [3.63, 3.8) is 0 Å². The molecular weight excluding hydrogens is 373 g/mol. The molecule has 1 fully saturated rings. The smallest absolute Gasteiger partial charge is 0.278 e. The second kappa shape index (κ2) is 8.13. The number of hydrogen-bond donors (Lipinski definition) is 1. The molecule has 1 unspecified atom stereocenters. The third-order valence-corrected chi connectivity index (χ3v) is 5.46. The minimum Gasteiger partial charge on any atom is -0.396 e. The number of rotatable bonds is 5. The number of pyridine rings is 1. The molecule has 2 amide bonds. The van der Waals surface area contributed by atoms with Crippen molar-refractivity contribution in [3.05, 3.63) is 71.4 Å². The highest BCUT2D eigenvalue weighted by Gasteiger charge is 2.42. The van der Waals surface area contributed by atoms with Crippen LogP contribution in [0, 0.1) is 11.7 Å². The van der Waals surface area contributed by atoms with Gasteiger partial charge in [0, 0.05) is 32.1 Å². The summed E-state index contributed by atoms with van der Waals surface area (Å²) in [6.07, 6.45) is 4.95. The molecule has 0 saturated carbocycles. The summed E-state index contributed by atoms with van der Waals surface area (Å²) in [4.78, 5) is 33.7. The summed E-state index contributed by atoms with van der Waals surface area (Å²) in [5.41, 5.74) is 1.95. The van der Waals surface area contributed by atoms with Crippen LogP contribution in [0.4, 0.5) is 4.39 Å². The van der Waals surface area contributed by atoms with Gasteiger partial charge in [-0.25, -0.2) is 4.39 Å². The zero-order chi connectivity index (χ0) is 20.4. The number of aliphatic hydroxyl groups is 1. The first-order valence-electron chi connectivity index (χ1n) is 9.69. The lowest BCUT2D eigenvalue weighted by Crippen LogP contribution is -2.40. The Hall–Kier alpha value is -3.06. The molecular formula is C22H22FN3O3. The molecule has 4 rings (SSSR count). The third-order valence-electron chi connectivity index (χ3n) is 5.46. The summed E-state index contributed by atoms with van der Waals surface area (Å²) in [5.74, 6) is -1.09. The number of nitrogens with zero attached hydrogens (tertiary/aromatic N) is 3. The average Bonchev–Trinajstić information content (AvgIpc) is 3.00. The molecule has 0 aliphatic carbocycles. The second-order valence-corrected chi connectivity index (χ2v) is 7.42. The minimum absolute atomic E-state index is 0.0402. The van der Waals surface area contributed by atoms with E-state index in [0.29, 0.717) is 29.9 Å². The Morgan fingerprint density at radius 2 is 1.79 bits per heavy atom. The molecule has 1 aromatic carbocycles. The lowest BCUT2D eigenvalue weighted by Gasteiger charge is -2.34. The third kappa shape index (κ3) is 3.78. The van der Waals surface area contributed by atoms with Crippen molar-refractivity contribution in [2.75, 3.05) is 19.7 Å². The Balaban J connectivity index is 1.73. The highest BCUT2D eigenvalue weighted by atomic mass is 19.1. The van der Waals surface area contributed by atoms with Crippen LogP contribution in [0.25, 0.3) is 5.57 Å². The van der Waals surface area contributed by atoms with Crippen LogP contribution in [0.15, 0.2) is 54.5 Å². The monoisotopic (exact) mass is 395 g/mol. The summed E-state index contributed by atoms with van der Waals surface area (Å²) in [7, 11) is 0. The van der Waals surface area contributed by atoms with Crippen molar-refractivity contribution in [3.8, 4) is 0 Å². The van der Waals surface area contributed by atoms with Crippen molar-refractivity contribution in [1.82, 2.24) is 14.8 Å². The van der Waals surface area contributed by atoms with E-state index in [9.17, 15) is 19.1 Å². The van der Waals surface area contributed by atoms with Crippen LogP contribution in [-0.2, 0) is 16.1 Å². The summed E-state index contributed by atoms with van der Waals surface area (Å²) < 4.78 is 13.4. The number of piperidine rings is 1. The van der Waals surface area contributed by atoms with Crippen LogP contribution in [0.1, 0.15) is 24.0 Å². The average molecular weight is 395 g/mol. The van der Waals surface area contributed by atoms with Gasteiger partial charge in [-0.1, -0.05) is 12.1 Å². The van der Waals surface area contributed by atoms with Gasteiger partial charge in [0.15, 0.2) is 0 Å². The number of imide groups is 1. The first-order chi connectivity index (χ1) is 14.1. The van der Waals surface area contributed by atoms with Gasteiger partial charge in [-0.2, -0.15) is 0 Å². The summed E-state index contributed by atoms with van der Waals surface area (Å²) in [6, 6.07) is 9.15. The predicted octanol–water partition coefficient (Wildman–Crippen LogP) is 2.21. The summed E-state index contributed by atoms with van der Waals surface area (Å²) in [5, 5.41) is 9.58. The van der Waals surface area contributed by atoms with Crippen molar-refractivity contribution in [2.24, 2.45) is 5.92 Å². The molecule has 0 spiro atoms. The number of aliphatic hydroxyl groups excluding tert-OH is 1. The van der Waals surface area contributed by atoms with E-state index in [1.54, 1.807) is 24.5 Å². The van der Waals surface area contributed by atoms with Gasteiger partial charge in [-0.05, 0) is 54.2 Å². The topological polar surface area (TPSA) is 73.7 Å². The van der Waals surface area contributed by atoms with Crippen molar-refractivity contribution >= 4 is 17.4 Å². The number of amides is 2. The molecule has 2 aliphatic rings. The molecule has 1 atom stereocenters. The number of carbonyl (C=O) groups excluding carboxylic acids is 2. The number of likely N-dealkylation sites (tertiary alicyclic amines) is 1. The first kappa shape index (κ1) is 19.3. The van der Waals surface area contributed by atoms with Gasteiger partial charge in [0.2, 0.25) is 0 Å². The molecule has 3 heterocycles. The maximum atomic E-state index is 13.4. The van der Waals surface area contributed by atoms with Gasteiger partial charge in [0.1, 0.15) is 11.5 Å². The van der Waals surface area contributed by atoms with Gasteiger partial charge in [-0.3, -0.25) is 19.5 Å². The van der Waals surface area contributed by atoms with E-state index < -0.39 is 5.82 Å². The largest absolute Gasteiger partial charge is 0.396 e. The Labute approximate surface area is 168 Å². The fraction of sp³-hybridized carbons (Fsp3) is 0.318. The fourth-order valence-corrected chi connectivity index (χ4v) is 3.96. The van der Waals surface area contributed by atoms with E-state index in [-0.39, 0.29) is 30.9 Å². The number of halogens is 1. The molecule has 0 bridgehead atoms. The molecule has 0 radical (unpaired) electrons. The van der Waals surface area contributed by atoms with E-state index >= 15 is 0 Å². The molecule has 2 aliphatic heterocycles. The molecule has 150 valence electrons. The minimum atomic E-state index is -0.403. The molecule has 7 heteroatoms. The maximum Gasteiger partial charge on any atom is 0.278 e. The highest BCUT2D eigenvalue weighted by molar-refractivity contribution is 6.35. The van der Waals surface area contributed by atoms with E-state index in [0.717, 1.165) is 18.4 Å². The Kier molecular flexibility index (Phi) is 5.40. The molecule has 1 saturated heterocycles. The predicted molar refractivity (Wildman–Crippen MR) is 104 cm³/mol. The van der Waals surface area contributed by atoms with Gasteiger partial charge >= 0.3 is 0 Å². The quantitative estimate of drug-likeness (QED) is 0.786. The van der Waals surface area contributed by atoms with Gasteiger partial charge in [-0.15, -0.1) is 0 Å². The van der Waals surface area contributed by atoms with Crippen LogP contribution in [-0.4, -0.2) is 51.4 Å². The van der Waals surface area contributed by atoms with Crippen molar-refractivity contribution in [1.29, 1.82) is 0 Å². The van der Waals surface area contributed by atoms with Crippen LogP contribution in [0.5, 0.6) is 0 Å². The van der Waals surface area contributed by atoms with E-state index in [4.69, 9.17) is 0 Å². The maximum absolute atomic E-state index is 13.4. The van der Waals surface area contributed by atoms with Crippen molar-refractivity contribution < 1.29 is 19.1 Å². The fourth-order valence-electron chi connectivity index (χ4n) is 3.96. The summed E-state index contributed by atoms with van der Waals surface area (Å²) in [6.45, 7) is 1.33. The zero-order valence-corrected chi connectivity index (χ0v) is 15.9. The number of carbonyl (C=O) groups is 2. The number of benzene rings is 1. The number of hydrogen-bond acceptors (Lipinski definition) is 5. The van der Waals surface area contributed by atoms with E-state index in [1.807, 2.05) is 4.90 Å². The highest BCUT2D eigenvalue weighted by Crippen LogP contribution is 2.34. The second-order valence-electron chi connectivity index (χ2n) is 7.42. The summed E-state index contributed by atoms with van der Waals surface area (Å²) >= 11 is 0. The van der Waals surface area contributed by atoms with Crippen LogP contribution < -0.4 is 0 Å². The first-order valence-corrected chi connectivity index (χ1v) is 9.69. The van der Waals surface area contributed by atoms with Crippen LogP contribution in [0.3, 0.4) is 0 Å². The lowest BCUT2D eigenvalue weighted by atomic mass is 9.97. The van der Waals surface area contributed by atoms with Crippen LogP contribution in [0.2, 0.25) is 0 Å². The molecule has 6 nitrogen and oxygen atoms in total. The normalized spacial score (nSPS) is 20.0. The number of aromatic nitrogens is 1. The van der Waals surface area contributed by atoms with Gasteiger partial charge < -0.3 is 10.0 Å². The Morgan fingerprint density at radius 1 is 1.07 bits per heavy atom. The Morgan fingerprint density at radius 3 is 2.48 bits per heavy atom. The van der Waals surface area contributed by atoms with E-state index in [1.165, 1.54) is 29.2 Å². The molecule has 1 aromatic heterocycles. The molecule has 1 N–H and O–H groups in total. The molecule has 2 aromatic rings. The van der Waals surface area contributed by atoms with Gasteiger partial charge in [0.05, 0.1) is 12.1 Å². The SMILES string of the molecule is O=C1C(c2ccc(F)cc2)=C(N2CCCC(CO)C2)C(=O)N1Cc1ccncc1. The standard InChI is InChI=1S/C22H22FN3O3/c23-18-5-3-17(4-6-18)19-20(25-11-1-2-16(12-25)14-27)22(29)26(21(19)28)13-15-7-9-24-10-8-15/h3-10,16,27H,1-2,11-14H2. The Bertz CT molecular complexity index is 944.